The van der Waals surface area contributed by atoms with E-state index in [9.17, 15) is 4.79 Å². The van der Waals surface area contributed by atoms with E-state index >= 15 is 0 Å². The van der Waals surface area contributed by atoms with E-state index in [1.54, 1.807) is 11.3 Å². The predicted octanol–water partition coefficient (Wildman–Crippen LogP) is 2.33. The summed E-state index contributed by atoms with van der Waals surface area (Å²) >= 11 is 1.63. The molecule has 0 spiro atoms. The first-order valence-electron chi connectivity index (χ1n) is 9.76. The van der Waals surface area contributed by atoms with E-state index in [1.165, 1.54) is 10.6 Å². The Morgan fingerprint density at radius 3 is 2.93 bits per heavy atom. The summed E-state index contributed by atoms with van der Waals surface area (Å²) in [4.78, 5) is 21.2. The Morgan fingerprint density at radius 2 is 2.15 bits per heavy atom. The molecule has 4 heterocycles. The van der Waals surface area contributed by atoms with Gasteiger partial charge in [-0.25, -0.2) is 4.98 Å². The monoisotopic (exact) mass is 388 g/mol. The van der Waals surface area contributed by atoms with E-state index in [-0.39, 0.29) is 18.1 Å². The Labute approximate surface area is 162 Å². The maximum Gasteiger partial charge on any atom is 0.257 e. The van der Waals surface area contributed by atoms with Crippen LogP contribution in [0.5, 0.6) is 0 Å². The van der Waals surface area contributed by atoms with Crippen molar-refractivity contribution >= 4 is 22.4 Å². The molecule has 2 aliphatic heterocycles. The molecule has 2 fully saturated rings. The molecular weight excluding hydrogens is 364 g/mol. The molecule has 2 aromatic rings. The summed E-state index contributed by atoms with van der Waals surface area (Å²) in [6.07, 6.45) is 7.33. The molecule has 0 N–H and O–H groups in total. The highest BCUT2D eigenvalue weighted by Crippen LogP contribution is 2.39. The third-order valence-electron chi connectivity index (χ3n) is 5.70. The zero-order chi connectivity index (χ0) is 18.4. The first kappa shape index (κ1) is 17.3. The number of amides is 1. The summed E-state index contributed by atoms with van der Waals surface area (Å²) in [6, 6.07) is 0. The van der Waals surface area contributed by atoms with Gasteiger partial charge in [0, 0.05) is 36.4 Å². The van der Waals surface area contributed by atoms with Crippen molar-refractivity contribution in [3.05, 3.63) is 16.8 Å². The summed E-state index contributed by atoms with van der Waals surface area (Å²) in [5, 5.41) is 5.16. The van der Waals surface area contributed by atoms with Gasteiger partial charge in [0.15, 0.2) is 5.13 Å². The van der Waals surface area contributed by atoms with Crippen molar-refractivity contribution in [2.24, 2.45) is 7.05 Å². The fourth-order valence-corrected chi connectivity index (χ4v) is 5.31. The van der Waals surface area contributed by atoms with Crippen LogP contribution in [0.4, 0.5) is 5.13 Å². The number of hydrogen-bond acceptors (Lipinski definition) is 6. The standard InChI is InChI=1S/C19H24N4O3S/c1-22-14-6-7-16-17(13(14)10-20-22)21-19(27-16)23(11-12-4-2-8-25-12)18(24)15-5-3-9-26-15/h10,12,15H,2-9,11H2,1H3. The number of hydrogen-bond donors (Lipinski definition) is 0. The highest BCUT2D eigenvalue weighted by atomic mass is 32.1. The molecule has 0 bridgehead atoms. The summed E-state index contributed by atoms with van der Waals surface area (Å²) in [5.41, 5.74) is 3.31. The average Bonchev–Trinajstić information content (AvgIpc) is 3.45. The Kier molecular flexibility index (Phi) is 4.49. The van der Waals surface area contributed by atoms with Gasteiger partial charge in [-0.1, -0.05) is 0 Å². The van der Waals surface area contributed by atoms with E-state index in [0.717, 1.165) is 61.5 Å². The molecule has 7 nitrogen and oxygen atoms in total. The maximum absolute atomic E-state index is 13.2. The summed E-state index contributed by atoms with van der Waals surface area (Å²) < 4.78 is 13.4. The number of rotatable bonds is 4. The summed E-state index contributed by atoms with van der Waals surface area (Å²) in [5.74, 6) is 0.0282. The quantitative estimate of drug-likeness (QED) is 0.804. The number of thiazole rings is 1. The van der Waals surface area contributed by atoms with Crippen LogP contribution < -0.4 is 4.90 Å². The first-order valence-corrected chi connectivity index (χ1v) is 10.6. The van der Waals surface area contributed by atoms with Crippen molar-refractivity contribution in [1.29, 1.82) is 0 Å². The van der Waals surface area contributed by atoms with E-state index in [0.29, 0.717) is 13.2 Å². The van der Waals surface area contributed by atoms with Crippen LogP contribution in [-0.2, 0) is 34.2 Å². The summed E-state index contributed by atoms with van der Waals surface area (Å²) in [6.45, 7) is 2.00. The number of aryl methyl sites for hydroxylation is 2. The van der Waals surface area contributed by atoms with Crippen LogP contribution in [-0.4, -0.2) is 52.6 Å². The molecule has 1 amide bonds. The van der Waals surface area contributed by atoms with Crippen LogP contribution in [0.15, 0.2) is 6.20 Å². The van der Waals surface area contributed by atoms with E-state index in [1.807, 2.05) is 22.8 Å². The van der Waals surface area contributed by atoms with Crippen LogP contribution in [0, 0.1) is 0 Å². The minimum absolute atomic E-state index is 0.0282. The SMILES string of the molecule is Cn1ncc2c1CCc1sc(N(CC3CCCO3)C(=O)C3CCCO3)nc1-2. The van der Waals surface area contributed by atoms with Gasteiger partial charge in [-0.3, -0.25) is 14.4 Å². The van der Waals surface area contributed by atoms with Crippen LogP contribution in [0.25, 0.3) is 11.3 Å². The van der Waals surface area contributed by atoms with Crippen molar-refractivity contribution in [3.8, 4) is 11.3 Å². The van der Waals surface area contributed by atoms with Crippen molar-refractivity contribution in [3.63, 3.8) is 0 Å². The van der Waals surface area contributed by atoms with Crippen molar-refractivity contribution in [2.45, 2.75) is 50.7 Å². The van der Waals surface area contributed by atoms with Gasteiger partial charge < -0.3 is 9.47 Å². The lowest BCUT2D eigenvalue weighted by molar-refractivity contribution is -0.127. The van der Waals surface area contributed by atoms with E-state index in [2.05, 4.69) is 5.10 Å². The molecule has 27 heavy (non-hydrogen) atoms. The molecule has 2 atom stereocenters. The van der Waals surface area contributed by atoms with Crippen molar-refractivity contribution in [1.82, 2.24) is 14.8 Å². The van der Waals surface area contributed by atoms with Crippen LogP contribution in [0.1, 0.15) is 36.3 Å². The van der Waals surface area contributed by atoms with Crippen LogP contribution in [0.2, 0.25) is 0 Å². The minimum atomic E-state index is -0.346. The molecule has 5 rings (SSSR count). The lowest BCUT2D eigenvalue weighted by Gasteiger charge is -2.25. The van der Waals surface area contributed by atoms with E-state index in [4.69, 9.17) is 14.5 Å². The van der Waals surface area contributed by atoms with Crippen molar-refractivity contribution < 1.29 is 14.3 Å². The topological polar surface area (TPSA) is 69.5 Å². The highest BCUT2D eigenvalue weighted by Gasteiger charge is 2.34. The first-order chi connectivity index (χ1) is 13.2. The second-order valence-corrected chi connectivity index (χ2v) is 8.54. The van der Waals surface area contributed by atoms with Gasteiger partial charge in [-0.15, -0.1) is 11.3 Å². The molecule has 0 saturated carbocycles. The number of carbonyl (C=O) groups is 1. The Hall–Kier alpha value is -1.77. The number of ether oxygens (including phenoxy) is 2. The van der Waals surface area contributed by atoms with Gasteiger partial charge in [0.25, 0.3) is 5.91 Å². The second kappa shape index (κ2) is 7.00. The molecule has 2 unspecified atom stereocenters. The third kappa shape index (κ3) is 3.09. The maximum atomic E-state index is 13.2. The molecule has 2 saturated heterocycles. The van der Waals surface area contributed by atoms with Crippen LogP contribution >= 0.6 is 11.3 Å². The fourth-order valence-electron chi connectivity index (χ4n) is 4.22. The van der Waals surface area contributed by atoms with Gasteiger partial charge in [0.2, 0.25) is 0 Å². The Morgan fingerprint density at radius 1 is 1.30 bits per heavy atom. The third-order valence-corrected chi connectivity index (χ3v) is 6.84. The minimum Gasteiger partial charge on any atom is -0.376 e. The van der Waals surface area contributed by atoms with Gasteiger partial charge >= 0.3 is 0 Å². The average molecular weight is 388 g/mol. The number of nitrogens with zero attached hydrogens (tertiary/aromatic N) is 4. The lowest BCUT2D eigenvalue weighted by atomic mass is 10.0. The Balaban J connectivity index is 1.48. The highest BCUT2D eigenvalue weighted by molar-refractivity contribution is 7.16. The van der Waals surface area contributed by atoms with Gasteiger partial charge in [0.05, 0.1) is 24.5 Å². The lowest BCUT2D eigenvalue weighted by Crippen LogP contribution is -2.43. The zero-order valence-corrected chi connectivity index (χ0v) is 16.3. The molecule has 0 aromatic carbocycles. The smallest absolute Gasteiger partial charge is 0.257 e. The molecule has 8 heteroatoms. The summed E-state index contributed by atoms with van der Waals surface area (Å²) in [7, 11) is 1.97. The second-order valence-electron chi connectivity index (χ2n) is 7.48. The van der Waals surface area contributed by atoms with Gasteiger partial charge in [0.1, 0.15) is 6.10 Å². The fraction of sp³-hybridized carbons (Fsp3) is 0.632. The van der Waals surface area contributed by atoms with Crippen molar-refractivity contribution in [2.75, 3.05) is 24.7 Å². The molecule has 2 aromatic heterocycles. The number of fused-ring (bicyclic) bond motifs is 3. The molecule has 1 aliphatic carbocycles. The largest absolute Gasteiger partial charge is 0.376 e. The molecule has 0 radical (unpaired) electrons. The zero-order valence-electron chi connectivity index (χ0n) is 15.5. The predicted molar refractivity (Wildman–Crippen MR) is 102 cm³/mol. The van der Waals surface area contributed by atoms with Crippen LogP contribution in [0.3, 0.4) is 0 Å². The molecular formula is C19H24N4O3S. The number of aromatic nitrogens is 3. The molecule has 3 aliphatic rings. The normalized spacial score (nSPS) is 24.0. The van der Waals surface area contributed by atoms with Gasteiger partial charge in [-0.05, 0) is 38.5 Å². The molecule has 144 valence electrons. The Bertz CT molecular complexity index is 849. The number of anilines is 1. The van der Waals surface area contributed by atoms with Gasteiger partial charge in [-0.2, -0.15) is 5.10 Å². The van der Waals surface area contributed by atoms with E-state index < -0.39 is 0 Å². The number of carbonyl (C=O) groups excluding carboxylic acids is 1.